The van der Waals surface area contributed by atoms with Crippen LogP contribution in [0.4, 0.5) is 0 Å². The van der Waals surface area contributed by atoms with Gasteiger partial charge in [-0.2, -0.15) is 19.9 Å². The van der Waals surface area contributed by atoms with Crippen LogP contribution in [0.25, 0.3) is 0 Å². The third-order valence-electron chi connectivity index (χ3n) is 1.64. The third kappa shape index (κ3) is 4.00. The van der Waals surface area contributed by atoms with E-state index in [4.69, 9.17) is 20.7 Å². The lowest BCUT2D eigenvalue weighted by molar-refractivity contribution is -0.191. The van der Waals surface area contributed by atoms with E-state index in [2.05, 4.69) is 21.3 Å². The molecule has 0 atom stereocenters. The van der Waals surface area contributed by atoms with E-state index < -0.39 is 0 Å². The first-order valence-corrected chi connectivity index (χ1v) is 4.39. The summed E-state index contributed by atoms with van der Waals surface area (Å²) in [4.78, 5) is 16.2. The second kappa shape index (κ2) is 6.56. The smallest absolute Gasteiger partial charge is 0.373 e. The number of terminal acetylenes is 1. The Labute approximate surface area is 96.6 Å². The molecule has 0 amide bonds. The van der Waals surface area contributed by atoms with Crippen LogP contribution in [0.3, 0.4) is 0 Å². The zero-order valence-corrected chi connectivity index (χ0v) is 8.58. The van der Waals surface area contributed by atoms with Crippen molar-refractivity contribution in [1.82, 2.24) is 15.4 Å². The predicted molar refractivity (Wildman–Crippen MR) is 55.8 cm³/mol. The maximum Gasteiger partial charge on any atom is 0.373 e. The largest absolute Gasteiger partial charge is 0.436 e. The highest BCUT2D eigenvalue weighted by molar-refractivity contribution is 5.37. The Balaban J connectivity index is 0.000000437. The van der Waals surface area contributed by atoms with E-state index in [0.717, 1.165) is 5.56 Å². The van der Waals surface area contributed by atoms with Crippen LogP contribution in [0.5, 0.6) is 11.6 Å². The Hall–Kier alpha value is -2.90. The van der Waals surface area contributed by atoms with Gasteiger partial charge in [0.1, 0.15) is 11.9 Å². The molecule has 2 rings (SSSR count). The zero-order chi connectivity index (χ0) is 12.5. The van der Waals surface area contributed by atoms with Gasteiger partial charge in [0.05, 0.1) is 0 Å². The molecule has 1 aromatic carbocycles. The summed E-state index contributed by atoms with van der Waals surface area (Å²) in [6, 6.07) is 7.17. The van der Waals surface area contributed by atoms with Crippen molar-refractivity contribution in [2.45, 2.75) is 0 Å². The lowest BCUT2D eigenvalue weighted by Gasteiger charge is -2.00. The fraction of sp³-hybridized carbons (Fsp3) is 0. The van der Waals surface area contributed by atoms with E-state index >= 15 is 0 Å². The van der Waals surface area contributed by atoms with Crippen LogP contribution in [0.1, 0.15) is 5.56 Å². The lowest BCUT2D eigenvalue weighted by atomic mass is 10.2. The molecule has 1 heterocycles. The highest BCUT2D eigenvalue weighted by Crippen LogP contribution is 2.17. The maximum absolute atomic E-state index is 8.12. The Morgan fingerprint density at radius 1 is 1.24 bits per heavy atom. The number of rotatable bonds is 2. The van der Waals surface area contributed by atoms with Gasteiger partial charge in [0, 0.05) is 5.56 Å². The minimum absolute atomic E-state index is 0.250. The molecule has 0 saturated heterocycles. The number of hydrogen-bond acceptors (Lipinski definition) is 5. The van der Waals surface area contributed by atoms with Gasteiger partial charge in [0.2, 0.25) is 0 Å². The van der Waals surface area contributed by atoms with Crippen LogP contribution in [0.15, 0.2) is 30.5 Å². The van der Waals surface area contributed by atoms with Gasteiger partial charge in [-0.25, -0.2) is 0 Å². The van der Waals surface area contributed by atoms with Crippen molar-refractivity contribution in [1.29, 1.82) is 0 Å². The number of ether oxygens (including phenoxy) is 1. The summed E-state index contributed by atoms with van der Waals surface area (Å²) in [5.41, 5.74) is 0.817. The molecule has 0 aliphatic rings. The SMILES string of the molecule is C#Cc1ccc(Oc2cn[nH]n2)cc1.O=C=O. The molecule has 6 heteroatoms. The first-order valence-electron chi connectivity index (χ1n) is 4.39. The highest BCUT2D eigenvalue weighted by Gasteiger charge is 1.98. The van der Waals surface area contributed by atoms with E-state index in [-0.39, 0.29) is 6.15 Å². The molecule has 17 heavy (non-hydrogen) atoms. The molecule has 0 saturated carbocycles. The van der Waals surface area contributed by atoms with Gasteiger partial charge in [0.15, 0.2) is 0 Å². The molecule has 0 spiro atoms. The summed E-state index contributed by atoms with van der Waals surface area (Å²) in [6.45, 7) is 0. The van der Waals surface area contributed by atoms with Gasteiger partial charge in [-0.1, -0.05) is 5.92 Å². The number of aromatic amines is 1. The van der Waals surface area contributed by atoms with E-state index in [1.807, 2.05) is 0 Å². The molecule has 0 fully saturated rings. The molecule has 2 aromatic rings. The van der Waals surface area contributed by atoms with Gasteiger partial charge in [-0.15, -0.1) is 11.5 Å². The molecule has 0 aliphatic carbocycles. The molecule has 0 bridgehead atoms. The molecule has 84 valence electrons. The van der Waals surface area contributed by atoms with Crippen molar-refractivity contribution in [3.05, 3.63) is 36.0 Å². The van der Waals surface area contributed by atoms with Crippen molar-refractivity contribution in [2.75, 3.05) is 0 Å². The summed E-state index contributed by atoms with van der Waals surface area (Å²) in [6.07, 6.45) is 6.96. The molecule has 0 aliphatic heterocycles. The summed E-state index contributed by atoms with van der Waals surface area (Å²) in [5, 5.41) is 9.83. The third-order valence-corrected chi connectivity index (χ3v) is 1.64. The maximum atomic E-state index is 8.12. The van der Waals surface area contributed by atoms with Crippen molar-refractivity contribution in [3.63, 3.8) is 0 Å². The Bertz CT molecular complexity index is 520. The first-order chi connectivity index (χ1) is 8.30. The normalized spacial score (nSPS) is 8.18. The molecular weight excluding hydrogens is 222 g/mol. The molecule has 0 unspecified atom stereocenters. The second-order valence-corrected chi connectivity index (χ2v) is 2.66. The number of aromatic nitrogens is 3. The minimum atomic E-state index is 0.250. The molecule has 1 N–H and O–H groups in total. The second-order valence-electron chi connectivity index (χ2n) is 2.66. The number of nitrogens with zero attached hydrogens (tertiary/aromatic N) is 2. The van der Waals surface area contributed by atoms with Crippen molar-refractivity contribution >= 4 is 6.15 Å². The van der Waals surface area contributed by atoms with E-state index in [1.165, 1.54) is 6.20 Å². The Kier molecular flexibility index (Phi) is 4.70. The number of carbonyl (C=O) groups excluding carboxylic acids is 2. The van der Waals surface area contributed by atoms with Gasteiger partial charge < -0.3 is 4.74 Å². The average Bonchev–Trinajstić information content (AvgIpc) is 2.84. The quantitative estimate of drug-likeness (QED) is 0.776. The van der Waals surface area contributed by atoms with Gasteiger partial charge in [-0.3, -0.25) is 0 Å². The van der Waals surface area contributed by atoms with Gasteiger partial charge >= 0.3 is 6.15 Å². The number of H-pyrrole nitrogens is 1. The fourth-order valence-electron chi connectivity index (χ4n) is 0.980. The minimum Gasteiger partial charge on any atom is -0.436 e. The number of nitrogens with one attached hydrogen (secondary N) is 1. The van der Waals surface area contributed by atoms with Crippen LogP contribution in [-0.4, -0.2) is 21.6 Å². The van der Waals surface area contributed by atoms with Crippen LogP contribution >= 0.6 is 0 Å². The summed E-state index contributed by atoms with van der Waals surface area (Å²) < 4.78 is 5.34. The van der Waals surface area contributed by atoms with E-state index in [1.54, 1.807) is 24.3 Å². The monoisotopic (exact) mass is 229 g/mol. The van der Waals surface area contributed by atoms with Gasteiger partial charge in [-0.05, 0) is 24.3 Å². The van der Waals surface area contributed by atoms with Crippen LogP contribution in [-0.2, 0) is 9.59 Å². The molecule has 6 nitrogen and oxygen atoms in total. The first kappa shape index (κ1) is 12.2. The van der Waals surface area contributed by atoms with E-state index in [9.17, 15) is 0 Å². The molecular formula is C11H7N3O3. The van der Waals surface area contributed by atoms with E-state index in [0.29, 0.717) is 11.6 Å². The van der Waals surface area contributed by atoms with Crippen molar-refractivity contribution in [2.24, 2.45) is 0 Å². The number of hydrogen-bond donors (Lipinski definition) is 1. The topological polar surface area (TPSA) is 84.9 Å². The summed E-state index contributed by atoms with van der Waals surface area (Å²) in [5.74, 6) is 3.63. The summed E-state index contributed by atoms with van der Waals surface area (Å²) in [7, 11) is 0. The van der Waals surface area contributed by atoms with Gasteiger partial charge in [0.25, 0.3) is 5.88 Å². The van der Waals surface area contributed by atoms with Crippen molar-refractivity contribution < 1.29 is 14.3 Å². The lowest BCUT2D eigenvalue weighted by Crippen LogP contribution is -1.84. The van der Waals surface area contributed by atoms with Crippen LogP contribution in [0, 0.1) is 12.3 Å². The fourth-order valence-corrected chi connectivity index (χ4v) is 0.980. The Morgan fingerprint density at radius 3 is 2.35 bits per heavy atom. The van der Waals surface area contributed by atoms with Crippen molar-refractivity contribution in [3.8, 4) is 24.0 Å². The average molecular weight is 229 g/mol. The predicted octanol–water partition coefficient (Wildman–Crippen LogP) is 0.995. The standard InChI is InChI=1S/C10H7N3O.CO2/c1-2-8-3-5-9(6-4-8)14-10-7-11-13-12-10;2-1-3/h1,3-7H,(H,11,12,13);. The van der Waals surface area contributed by atoms with Crippen LogP contribution < -0.4 is 4.74 Å². The number of benzene rings is 1. The highest BCUT2D eigenvalue weighted by atomic mass is 16.5. The zero-order valence-electron chi connectivity index (χ0n) is 8.58. The summed E-state index contributed by atoms with van der Waals surface area (Å²) >= 11 is 0. The molecule has 0 radical (unpaired) electrons. The molecule has 1 aromatic heterocycles. The Morgan fingerprint density at radius 2 is 1.88 bits per heavy atom. The van der Waals surface area contributed by atoms with Crippen LogP contribution in [0.2, 0.25) is 0 Å².